The molecule has 1 N–H and O–H groups in total. The van der Waals surface area contributed by atoms with Gasteiger partial charge in [-0.1, -0.05) is 23.7 Å². The molecule has 1 aromatic carbocycles. The van der Waals surface area contributed by atoms with Gasteiger partial charge in [-0.3, -0.25) is 0 Å². The Hall–Kier alpha value is -0.830. The molecule has 3 heteroatoms. The van der Waals surface area contributed by atoms with Crippen LogP contribution in [0, 0.1) is 6.92 Å². The van der Waals surface area contributed by atoms with Crippen LogP contribution in [0.25, 0.3) is 0 Å². The summed E-state index contributed by atoms with van der Waals surface area (Å²) < 4.78 is 0. The second-order valence-corrected chi connectivity index (χ2v) is 6.37. The van der Waals surface area contributed by atoms with Gasteiger partial charge >= 0.3 is 0 Å². The number of nitrogens with one attached hydrogen (secondary N) is 1. The Labute approximate surface area is 118 Å². The zero-order valence-electron chi connectivity index (χ0n) is 10.9. The number of hydrogen-bond acceptors (Lipinski definition) is 2. The summed E-state index contributed by atoms with van der Waals surface area (Å²) in [5.41, 5.74) is 1.26. The van der Waals surface area contributed by atoms with Gasteiger partial charge in [-0.05, 0) is 50.6 Å². The molecule has 0 amide bonds. The first-order chi connectivity index (χ1) is 8.56. The molecule has 0 saturated carbocycles. The summed E-state index contributed by atoms with van der Waals surface area (Å²) in [6.07, 6.45) is 0. The second kappa shape index (κ2) is 5.87. The van der Waals surface area contributed by atoms with Crippen molar-refractivity contribution in [1.29, 1.82) is 0 Å². The van der Waals surface area contributed by atoms with E-state index in [9.17, 15) is 0 Å². The van der Waals surface area contributed by atoms with Gasteiger partial charge in [0.2, 0.25) is 0 Å². The molecule has 0 aliphatic heterocycles. The average molecular weight is 280 g/mol. The minimum absolute atomic E-state index is 0.319. The van der Waals surface area contributed by atoms with Crippen molar-refractivity contribution in [2.24, 2.45) is 0 Å². The summed E-state index contributed by atoms with van der Waals surface area (Å²) >= 11 is 7.75. The minimum atomic E-state index is 0.319. The van der Waals surface area contributed by atoms with E-state index in [1.54, 1.807) is 0 Å². The minimum Gasteiger partial charge on any atom is -0.303 e. The van der Waals surface area contributed by atoms with Gasteiger partial charge < -0.3 is 5.32 Å². The number of aryl methyl sites for hydroxylation is 1. The molecule has 2 rings (SSSR count). The van der Waals surface area contributed by atoms with Crippen molar-refractivity contribution in [2.75, 3.05) is 0 Å². The maximum absolute atomic E-state index is 5.90. The third-order valence-electron chi connectivity index (χ3n) is 3.06. The molecule has 0 bridgehead atoms. The van der Waals surface area contributed by atoms with Gasteiger partial charge in [0, 0.05) is 26.9 Å². The van der Waals surface area contributed by atoms with Gasteiger partial charge in [-0.25, -0.2) is 0 Å². The third-order valence-corrected chi connectivity index (χ3v) is 4.49. The Morgan fingerprint density at radius 3 is 2.22 bits per heavy atom. The van der Waals surface area contributed by atoms with Gasteiger partial charge in [0.15, 0.2) is 0 Å². The SMILES string of the molecule is Cc1ccc(C(C)N[C@@H](C)c2ccc(Cl)cc2)s1. The van der Waals surface area contributed by atoms with Gasteiger partial charge in [-0.2, -0.15) is 0 Å². The average Bonchev–Trinajstić information content (AvgIpc) is 2.76. The Morgan fingerprint density at radius 1 is 1.00 bits per heavy atom. The smallest absolute Gasteiger partial charge is 0.0406 e. The predicted octanol–water partition coefficient (Wildman–Crippen LogP) is 5.12. The van der Waals surface area contributed by atoms with Crippen LogP contribution in [0.5, 0.6) is 0 Å². The zero-order chi connectivity index (χ0) is 13.1. The maximum Gasteiger partial charge on any atom is 0.0406 e. The lowest BCUT2D eigenvalue weighted by Gasteiger charge is -2.19. The second-order valence-electron chi connectivity index (χ2n) is 4.61. The highest BCUT2D eigenvalue weighted by atomic mass is 35.5. The molecule has 18 heavy (non-hydrogen) atoms. The van der Waals surface area contributed by atoms with Gasteiger partial charge in [0.25, 0.3) is 0 Å². The van der Waals surface area contributed by atoms with E-state index in [1.807, 2.05) is 23.5 Å². The van der Waals surface area contributed by atoms with Crippen molar-refractivity contribution in [3.05, 3.63) is 56.7 Å². The van der Waals surface area contributed by atoms with E-state index in [0.29, 0.717) is 12.1 Å². The topological polar surface area (TPSA) is 12.0 Å². The van der Waals surface area contributed by atoms with Crippen LogP contribution in [-0.4, -0.2) is 0 Å². The van der Waals surface area contributed by atoms with Crippen LogP contribution >= 0.6 is 22.9 Å². The predicted molar refractivity (Wildman–Crippen MR) is 80.5 cm³/mol. The summed E-state index contributed by atoms with van der Waals surface area (Å²) in [5.74, 6) is 0. The Kier molecular flexibility index (Phi) is 4.44. The van der Waals surface area contributed by atoms with E-state index < -0.39 is 0 Å². The lowest BCUT2D eigenvalue weighted by Crippen LogP contribution is -2.21. The van der Waals surface area contributed by atoms with Crippen molar-refractivity contribution in [3.8, 4) is 0 Å². The molecular weight excluding hydrogens is 262 g/mol. The summed E-state index contributed by atoms with van der Waals surface area (Å²) in [5, 5.41) is 4.40. The third kappa shape index (κ3) is 3.35. The molecule has 0 radical (unpaired) electrons. The molecule has 1 aromatic heterocycles. The highest BCUT2D eigenvalue weighted by Crippen LogP contribution is 2.25. The van der Waals surface area contributed by atoms with Crippen LogP contribution in [0.2, 0.25) is 5.02 Å². The quantitative estimate of drug-likeness (QED) is 0.819. The Bertz CT molecular complexity index is 503. The largest absolute Gasteiger partial charge is 0.303 e. The molecule has 2 aromatic rings. The fourth-order valence-corrected chi connectivity index (χ4v) is 3.01. The lowest BCUT2D eigenvalue weighted by molar-refractivity contribution is 0.500. The summed E-state index contributed by atoms with van der Waals surface area (Å²) in [7, 11) is 0. The lowest BCUT2D eigenvalue weighted by atomic mass is 10.1. The molecule has 0 fully saturated rings. The fourth-order valence-electron chi connectivity index (χ4n) is 1.99. The Morgan fingerprint density at radius 2 is 1.67 bits per heavy atom. The van der Waals surface area contributed by atoms with Crippen LogP contribution in [0.4, 0.5) is 0 Å². The molecular formula is C15H18ClNS. The monoisotopic (exact) mass is 279 g/mol. The van der Waals surface area contributed by atoms with Crippen molar-refractivity contribution in [2.45, 2.75) is 32.9 Å². The highest BCUT2D eigenvalue weighted by Gasteiger charge is 2.12. The molecule has 1 heterocycles. The van der Waals surface area contributed by atoms with E-state index in [4.69, 9.17) is 11.6 Å². The number of rotatable bonds is 4. The van der Waals surface area contributed by atoms with Gasteiger partial charge in [0.05, 0.1) is 0 Å². The molecule has 0 saturated heterocycles. The summed E-state index contributed by atoms with van der Waals surface area (Å²) in [6.45, 7) is 6.53. The molecule has 1 unspecified atom stereocenters. The first-order valence-corrected chi connectivity index (χ1v) is 7.33. The molecule has 1 nitrogen and oxygen atoms in total. The molecule has 2 atom stereocenters. The van der Waals surface area contributed by atoms with Crippen LogP contribution < -0.4 is 5.32 Å². The summed E-state index contributed by atoms with van der Waals surface area (Å²) in [4.78, 5) is 2.74. The fraction of sp³-hybridized carbons (Fsp3) is 0.333. The number of hydrogen-bond donors (Lipinski definition) is 1. The van der Waals surface area contributed by atoms with Crippen molar-refractivity contribution < 1.29 is 0 Å². The van der Waals surface area contributed by atoms with Crippen molar-refractivity contribution in [1.82, 2.24) is 5.32 Å². The first kappa shape index (κ1) is 13.6. The molecule has 96 valence electrons. The number of benzene rings is 1. The highest BCUT2D eigenvalue weighted by molar-refractivity contribution is 7.12. The van der Waals surface area contributed by atoms with E-state index in [1.165, 1.54) is 15.3 Å². The van der Waals surface area contributed by atoms with E-state index in [-0.39, 0.29) is 0 Å². The van der Waals surface area contributed by atoms with E-state index >= 15 is 0 Å². The number of thiophene rings is 1. The van der Waals surface area contributed by atoms with Crippen molar-refractivity contribution in [3.63, 3.8) is 0 Å². The zero-order valence-corrected chi connectivity index (χ0v) is 12.5. The maximum atomic E-state index is 5.90. The van der Waals surface area contributed by atoms with Crippen LogP contribution in [0.1, 0.15) is 41.2 Å². The number of halogens is 1. The normalized spacial score (nSPS) is 14.4. The standard InChI is InChI=1S/C15H18ClNS/c1-10-4-9-15(18-10)12(3)17-11(2)13-5-7-14(16)8-6-13/h4-9,11-12,17H,1-3H3/t11-,12?/m0/s1. The van der Waals surface area contributed by atoms with E-state index in [2.05, 4.69) is 50.4 Å². The van der Waals surface area contributed by atoms with Gasteiger partial charge in [0.1, 0.15) is 0 Å². The first-order valence-electron chi connectivity index (χ1n) is 6.14. The van der Waals surface area contributed by atoms with Gasteiger partial charge in [-0.15, -0.1) is 11.3 Å². The molecule has 0 aliphatic carbocycles. The van der Waals surface area contributed by atoms with Crippen LogP contribution in [0.15, 0.2) is 36.4 Å². The van der Waals surface area contributed by atoms with Crippen LogP contribution in [-0.2, 0) is 0 Å². The van der Waals surface area contributed by atoms with Crippen LogP contribution in [0.3, 0.4) is 0 Å². The van der Waals surface area contributed by atoms with Crippen molar-refractivity contribution >= 4 is 22.9 Å². The Balaban J connectivity index is 2.02. The molecule has 0 aliphatic rings. The van der Waals surface area contributed by atoms with E-state index in [0.717, 1.165) is 5.02 Å². The molecule has 0 spiro atoms. The summed E-state index contributed by atoms with van der Waals surface area (Å²) in [6, 6.07) is 13.1.